The fraction of sp³-hybridized carbons (Fsp3) is 0.133. The number of benzene rings is 1. The van der Waals surface area contributed by atoms with Gasteiger partial charge in [-0.2, -0.15) is 0 Å². The summed E-state index contributed by atoms with van der Waals surface area (Å²) in [7, 11) is 0. The van der Waals surface area contributed by atoms with Gasteiger partial charge in [-0.3, -0.25) is 4.79 Å². The molecule has 2 N–H and O–H groups in total. The Bertz CT molecular complexity index is 697. The first kappa shape index (κ1) is 14.6. The number of anilines is 1. The number of halogens is 1. The highest BCUT2D eigenvalue weighted by atomic mass is 35.5. The van der Waals surface area contributed by atoms with Crippen LogP contribution in [0.1, 0.15) is 20.8 Å². The van der Waals surface area contributed by atoms with E-state index in [1.807, 2.05) is 25.1 Å². The van der Waals surface area contributed by atoms with Crippen molar-refractivity contribution < 1.29 is 9.90 Å². The molecule has 0 unspecified atom stereocenters. The number of hydrogen-bond donors (Lipinski definition) is 2. The fourth-order valence-corrected chi connectivity index (χ4v) is 2.56. The Morgan fingerprint density at radius 3 is 2.85 bits per heavy atom. The van der Waals surface area contributed by atoms with Crippen LogP contribution in [0.4, 0.5) is 5.69 Å². The summed E-state index contributed by atoms with van der Waals surface area (Å²) in [6.07, 6.45) is 0. The number of rotatable bonds is 2. The van der Waals surface area contributed by atoms with Crippen molar-refractivity contribution in [3.63, 3.8) is 0 Å². The van der Waals surface area contributed by atoms with Gasteiger partial charge in [0.2, 0.25) is 0 Å². The molecule has 20 heavy (non-hydrogen) atoms. The molecule has 0 atom stereocenters. The van der Waals surface area contributed by atoms with Crippen molar-refractivity contribution in [2.24, 2.45) is 0 Å². The normalized spacial score (nSPS) is 9.75. The molecule has 0 aliphatic carbocycles. The summed E-state index contributed by atoms with van der Waals surface area (Å²) in [6.45, 7) is 1.71. The van der Waals surface area contributed by atoms with Gasteiger partial charge in [0.25, 0.3) is 5.91 Å². The van der Waals surface area contributed by atoms with Gasteiger partial charge in [0.1, 0.15) is 6.61 Å². The second-order valence-electron chi connectivity index (χ2n) is 4.07. The van der Waals surface area contributed by atoms with Crippen molar-refractivity contribution in [2.75, 3.05) is 11.9 Å². The molecule has 0 fully saturated rings. The number of nitrogens with one attached hydrogen (secondary N) is 1. The van der Waals surface area contributed by atoms with Crippen LogP contribution in [0.15, 0.2) is 30.3 Å². The van der Waals surface area contributed by atoms with Crippen molar-refractivity contribution in [3.8, 4) is 11.8 Å². The first-order valence-corrected chi connectivity index (χ1v) is 7.06. The van der Waals surface area contributed by atoms with Gasteiger partial charge in [-0.15, -0.1) is 11.3 Å². The minimum absolute atomic E-state index is 0.220. The van der Waals surface area contributed by atoms with Gasteiger partial charge in [0.05, 0.1) is 14.9 Å². The van der Waals surface area contributed by atoms with Crippen LogP contribution in [0.5, 0.6) is 0 Å². The zero-order valence-electron chi connectivity index (χ0n) is 10.7. The van der Waals surface area contributed by atoms with E-state index in [-0.39, 0.29) is 12.5 Å². The zero-order valence-corrected chi connectivity index (χ0v) is 12.3. The Morgan fingerprint density at radius 1 is 1.40 bits per heavy atom. The number of aliphatic hydroxyl groups is 1. The SMILES string of the molecule is Cc1ccc(C#CCO)c(NC(=O)c2ccc(Cl)s2)c1. The lowest BCUT2D eigenvalue weighted by molar-refractivity contribution is 0.103. The molecule has 1 heterocycles. The van der Waals surface area contributed by atoms with Crippen LogP contribution in [0.25, 0.3) is 0 Å². The van der Waals surface area contributed by atoms with E-state index in [1.165, 1.54) is 11.3 Å². The average Bonchev–Trinajstić information content (AvgIpc) is 2.85. The molecule has 5 heteroatoms. The largest absolute Gasteiger partial charge is 0.384 e. The molecule has 2 aromatic rings. The quantitative estimate of drug-likeness (QED) is 0.836. The highest BCUT2D eigenvalue weighted by Gasteiger charge is 2.11. The smallest absolute Gasteiger partial charge is 0.265 e. The fourth-order valence-electron chi connectivity index (χ4n) is 1.63. The summed E-state index contributed by atoms with van der Waals surface area (Å²) in [5.41, 5.74) is 2.31. The lowest BCUT2D eigenvalue weighted by Crippen LogP contribution is -2.11. The predicted molar refractivity (Wildman–Crippen MR) is 82.4 cm³/mol. The van der Waals surface area contributed by atoms with Crippen molar-refractivity contribution >= 4 is 34.5 Å². The maximum Gasteiger partial charge on any atom is 0.265 e. The first-order valence-electron chi connectivity index (χ1n) is 5.87. The summed E-state index contributed by atoms with van der Waals surface area (Å²) in [5, 5.41) is 11.6. The first-order chi connectivity index (χ1) is 9.60. The summed E-state index contributed by atoms with van der Waals surface area (Å²) >= 11 is 7.04. The van der Waals surface area contributed by atoms with Gasteiger partial charge in [-0.05, 0) is 36.8 Å². The van der Waals surface area contributed by atoms with Gasteiger partial charge in [0, 0.05) is 5.56 Å². The number of carbonyl (C=O) groups is 1. The Balaban J connectivity index is 2.28. The van der Waals surface area contributed by atoms with Crippen LogP contribution < -0.4 is 5.32 Å². The molecule has 2 rings (SSSR count). The van der Waals surface area contributed by atoms with E-state index < -0.39 is 0 Å². The number of hydrogen-bond acceptors (Lipinski definition) is 3. The second kappa shape index (κ2) is 6.58. The Morgan fingerprint density at radius 2 is 2.20 bits per heavy atom. The van der Waals surface area contributed by atoms with Crippen LogP contribution in [0.2, 0.25) is 4.34 Å². The standard InChI is InChI=1S/C15H12ClNO2S/c1-10-4-5-11(3-2-8-18)12(9-10)17-15(19)13-6-7-14(16)20-13/h4-7,9,18H,8H2,1H3,(H,17,19). The predicted octanol–water partition coefficient (Wildman–Crippen LogP) is 3.31. The highest BCUT2D eigenvalue weighted by Crippen LogP contribution is 2.23. The summed E-state index contributed by atoms with van der Waals surface area (Å²) in [6, 6.07) is 8.92. The molecule has 102 valence electrons. The van der Waals surface area contributed by atoms with Crippen LogP contribution >= 0.6 is 22.9 Å². The molecule has 3 nitrogen and oxygen atoms in total. The molecule has 1 aromatic carbocycles. The van der Waals surface area contributed by atoms with Gasteiger partial charge >= 0.3 is 0 Å². The minimum Gasteiger partial charge on any atom is -0.384 e. The lowest BCUT2D eigenvalue weighted by Gasteiger charge is -2.07. The Kier molecular flexibility index (Phi) is 4.80. The molecule has 0 saturated carbocycles. The third-order valence-corrected chi connectivity index (χ3v) is 3.75. The second-order valence-corrected chi connectivity index (χ2v) is 5.78. The zero-order chi connectivity index (χ0) is 14.5. The number of amides is 1. The summed E-state index contributed by atoms with van der Waals surface area (Å²) in [5.74, 6) is 5.17. The lowest BCUT2D eigenvalue weighted by atomic mass is 10.1. The van der Waals surface area contributed by atoms with E-state index in [9.17, 15) is 4.79 Å². The number of thiophene rings is 1. The van der Waals surface area contributed by atoms with E-state index >= 15 is 0 Å². The van der Waals surface area contributed by atoms with Crippen molar-refractivity contribution in [1.29, 1.82) is 0 Å². The maximum absolute atomic E-state index is 12.1. The van der Waals surface area contributed by atoms with Crippen molar-refractivity contribution in [1.82, 2.24) is 0 Å². The summed E-state index contributed by atoms with van der Waals surface area (Å²) in [4.78, 5) is 12.6. The Labute approximate surface area is 126 Å². The third kappa shape index (κ3) is 3.61. The van der Waals surface area contributed by atoms with Crippen LogP contribution in [-0.2, 0) is 0 Å². The maximum atomic E-state index is 12.1. The minimum atomic E-state index is -0.223. The molecule has 1 aromatic heterocycles. The number of aliphatic hydroxyl groups excluding tert-OH is 1. The van der Waals surface area contributed by atoms with E-state index in [0.717, 1.165) is 5.56 Å². The topological polar surface area (TPSA) is 49.3 Å². The van der Waals surface area contributed by atoms with Gasteiger partial charge in [-0.25, -0.2) is 0 Å². The van der Waals surface area contributed by atoms with E-state index in [2.05, 4.69) is 17.2 Å². The summed E-state index contributed by atoms with van der Waals surface area (Å²) < 4.78 is 0.569. The molecule has 0 bridgehead atoms. The Hall–Kier alpha value is -1.80. The molecule has 0 aliphatic rings. The van der Waals surface area contributed by atoms with Crippen LogP contribution in [-0.4, -0.2) is 17.6 Å². The van der Waals surface area contributed by atoms with E-state index in [4.69, 9.17) is 16.7 Å². The van der Waals surface area contributed by atoms with Crippen molar-refractivity contribution in [3.05, 3.63) is 50.7 Å². The van der Waals surface area contributed by atoms with Gasteiger partial charge in [0.15, 0.2) is 0 Å². The molecule has 0 aliphatic heterocycles. The monoisotopic (exact) mass is 305 g/mol. The van der Waals surface area contributed by atoms with E-state index in [0.29, 0.717) is 20.5 Å². The van der Waals surface area contributed by atoms with Crippen LogP contribution in [0.3, 0.4) is 0 Å². The van der Waals surface area contributed by atoms with E-state index in [1.54, 1.807) is 12.1 Å². The molecule has 0 radical (unpaired) electrons. The molecular weight excluding hydrogens is 294 g/mol. The van der Waals surface area contributed by atoms with Gasteiger partial charge in [-0.1, -0.05) is 29.5 Å². The third-order valence-electron chi connectivity index (χ3n) is 2.52. The van der Waals surface area contributed by atoms with Crippen molar-refractivity contribution in [2.45, 2.75) is 6.92 Å². The molecule has 1 amide bonds. The highest BCUT2D eigenvalue weighted by molar-refractivity contribution is 7.18. The average molecular weight is 306 g/mol. The number of carbonyl (C=O) groups excluding carboxylic acids is 1. The van der Waals surface area contributed by atoms with Gasteiger partial charge < -0.3 is 10.4 Å². The molecule has 0 spiro atoms. The number of aryl methyl sites for hydroxylation is 1. The molecular formula is C15H12ClNO2S. The van der Waals surface area contributed by atoms with Crippen LogP contribution in [0, 0.1) is 18.8 Å². The molecule has 0 saturated heterocycles.